The number of likely N-dealkylation sites (tertiary alicyclic amines) is 1. The Balaban J connectivity index is 2.22. The maximum atomic E-state index is 12.5. The van der Waals surface area contributed by atoms with Crippen LogP contribution in [0.1, 0.15) is 30.1 Å². The minimum absolute atomic E-state index is 0.0968. The number of phenols is 1. The normalized spacial score (nSPS) is 19.0. The molecule has 0 bridgehead atoms. The third kappa shape index (κ3) is 2.61. The molecule has 1 aliphatic rings. The van der Waals surface area contributed by atoms with Crippen molar-refractivity contribution in [2.24, 2.45) is 5.92 Å². The van der Waals surface area contributed by atoms with Crippen LogP contribution in [0.3, 0.4) is 0 Å². The number of carbonyl (C=O) groups is 2. The predicted molar refractivity (Wildman–Crippen MR) is 74.0 cm³/mol. The number of ether oxygens (including phenoxy) is 1. The lowest BCUT2D eigenvalue weighted by Gasteiger charge is -2.31. The van der Waals surface area contributed by atoms with Gasteiger partial charge in [-0.2, -0.15) is 0 Å². The largest absolute Gasteiger partial charge is 0.504 e. The number of aromatic hydroxyl groups is 1. The minimum atomic E-state index is -0.257. The van der Waals surface area contributed by atoms with Crippen molar-refractivity contribution in [3.8, 4) is 11.5 Å². The molecule has 1 amide bonds. The summed E-state index contributed by atoms with van der Waals surface area (Å²) in [6.07, 6.45) is 1.11. The van der Waals surface area contributed by atoms with E-state index in [4.69, 9.17) is 4.74 Å². The second kappa shape index (κ2) is 5.94. The number of para-hydroxylation sites is 1. The van der Waals surface area contributed by atoms with E-state index in [1.165, 1.54) is 7.11 Å². The molecule has 1 aliphatic heterocycles. The van der Waals surface area contributed by atoms with Crippen molar-refractivity contribution < 1.29 is 19.4 Å². The van der Waals surface area contributed by atoms with E-state index in [-0.39, 0.29) is 34.7 Å². The van der Waals surface area contributed by atoms with Crippen molar-refractivity contribution in [2.75, 3.05) is 20.2 Å². The number of hydrogen-bond acceptors (Lipinski definition) is 4. The predicted octanol–water partition coefficient (Wildman–Crippen LogP) is 1.84. The Morgan fingerprint density at radius 3 is 2.90 bits per heavy atom. The van der Waals surface area contributed by atoms with Crippen LogP contribution in [0.25, 0.3) is 0 Å². The second-order valence-corrected chi connectivity index (χ2v) is 4.93. The number of amides is 1. The van der Waals surface area contributed by atoms with Crippen molar-refractivity contribution in [3.05, 3.63) is 23.8 Å². The van der Waals surface area contributed by atoms with E-state index in [1.54, 1.807) is 23.1 Å². The van der Waals surface area contributed by atoms with Crippen LogP contribution in [-0.4, -0.2) is 41.9 Å². The molecule has 1 aromatic carbocycles. The highest BCUT2D eigenvalue weighted by Gasteiger charge is 2.30. The summed E-state index contributed by atoms with van der Waals surface area (Å²) in [6.45, 7) is 2.77. The van der Waals surface area contributed by atoms with E-state index < -0.39 is 0 Å². The number of benzene rings is 1. The number of hydrogen-bond donors (Lipinski definition) is 1. The Morgan fingerprint density at radius 2 is 2.25 bits per heavy atom. The van der Waals surface area contributed by atoms with Gasteiger partial charge in [0.25, 0.3) is 5.91 Å². The number of Topliss-reactive ketones (excluding diaryl/α,β-unsaturated/α-hetero) is 1. The zero-order valence-electron chi connectivity index (χ0n) is 11.8. The van der Waals surface area contributed by atoms with Gasteiger partial charge in [-0.3, -0.25) is 9.59 Å². The van der Waals surface area contributed by atoms with E-state index in [9.17, 15) is 14.7 Å². The van der Waals surface area contributed by atoms with Crippen LogP contribution in [0, 0.1) is 5.92 Å². The molecule has 108 valence electrons. The van der Waals surface area contributed by atoms with Crippen LogP contribution in [0.5, 0.6) is 11.5 Å². The molecule has 0 spiro atoms. The average Bonchev–Trinajstić information content (AvgIpc) is 2.47. The van der Waals surface area contributed by atoms with Crippen LogP contribution < -0.4 is 4.74 Å². The first-order valence-corrected chi connectivity index (χ1v) is 6.76. The van der Waals surface area contributed by atoms with Crippen LogP contribution in [0.15, 0.2) is 18.2 Å². The summed E-state index contributed by atoms with van der Waals surface area (Å²) < 4.78 is 5.01. The minimum Gasteiger partial charge on any atom is -0.504 e. The van der Waals surface area contributed by atoms with Crippen molar-refractivity contribution >= 4 is 11.7 Å². The first-order chi connectivity index (χ1) is 9.58. The summed E-state index contributed by atoms with van der Waals surface area (Å²) in [7, 11) is 1.44. The molecule has 0 aromatic heterocycles. The lowest BCUT2D eigenvalue weighted by atomic mass is 9.93. The molecule has 1 fully saturated rings. The first kappa shape index (κ1) is 14.4. The van der Waals surface area contributed by atoms with Gasteiger partial charge in [0.05, 0.1) is 12.7 Å². The van der Waals surface area contributed by atoms with Gasteiger partial charge < -0.3 is 14.7 Å². The summed E-state index contributed by atoms with van der Waals surface area (Å²) in [5, 5.41) is 10.0. The molecule has 0 aliphatic carbocycles. The summed E-state index contributed by atoms with van der Waals surface area (Å²) >= 11 is 0. The molecule has 1 heterocycles. The summed E-state index contributed by atoms with van der Waals surface area (Å²) in [5.41, 5.74) is 0.216. The quantitative estimate of drug-likeness (QED) is 0.915. The van der Waals surface area contributed by atoms with Gasteiger partial charge in [-0.15, -0.1) is 0 Å². The SMILES string of the molecule is CCC1CN(C(=O)c2cccc(OC)c2O)CCC1=O. The Morgan fingerprint density at radius 1 is 1.50 bits per heavy atom. The van der Waals surface area contributed by atoms with Crippen molar-refractivity contribution in [1.82, 2.24) is 4.90 Å². The van der Waals surface area contributed by atoms with Crippen LogP contribution in [-0.2, 0) is 4.79 Å². The fourth-order valence-corrected chi connectivity index (χ4v) is 2.48. The van der Waals surface area contributed by atoms with E-state index in [2.05, 4.69) is 0 Å². The van der Waals surface area contributed by atoms with Gasteiger partial charge >= 0.3 is 0 Å². The van der Waals surface area contributed by atoms with Crippen LogP contribution >= 0.6 is 0 Å². The molecule has 5 heteroatoms. The number of nitrogens with zero attached hydrogens (tertiary/aromatic N) is 1. The standard InChI is InChI=1S/C15H19NO4/c1-3-10-9-16(8-7-12(10)17)15(19)11-5-4-6-13(20-2)14(11)18/h4-6,10,18H,3,7-9H2,1-2H3. The maximum absolute atomic E-state index is 12.5. The fourth-order valence-electron chi connectivity index (χ4n) is 2.48. The number of ketones is 1. The highest BCUT2D eigenvalue weighted by molar-refractivity contribution is 5.98. The first-order valence-electron chi connectivity index (χ1n) is 6.76. The Bertz CT molecular complexity index is 527. The second-order valence-electron chi connectivity index (χ2n) is 4.93. The van der Waals surface area contributed by atoms with E-state index in [1.807, 2.05) is 6.92 Å². The zero-order chi connectivity index (χ0) is 14.7. The molecule has 1 atom stereocenters. The maximum Gasteiger partial charge on any atom is 0.257 e. The van der Waals surface area contributed by atoms with Gasteiger partial charge in [-0.05, 0) is 18.6 Å². The van der Waals surface area contributed by atoms with E-state index in [0.717, 1.165) is 6.42 Å². The Kier molecular flexibility index (Phi) is 4.27. The molecule has 1 aromatic rings. The topological polar surface area (TPSA) is 66.8 Å². The van der Waals surface area contributed by atoms with Gasteiger partial charge in [-0.1, -0.05) is 13.0 Å². The molecular weight excluding hydrogens is 258 g/mol. The molecule has 20 heavy (non-hydrogen) atoms. The monoisotopic (exact) mass is 277 g/mol. The fraction of sp³-hybridized carbons (Fsp3) is 0.467. The van der Waals surface area contributed by atoms with Gasteiger partial charge in [0.15, 0.2) is 11.5 Å². The van der Waals surface area contributed by atoms with Crippen LogP contribution in [0.2, 0.25) is 0 Å². The number of piperidine rings is 1. The molecule has 0 saturated carbocycles. The van der Waals surface area contributed by atoms with Gasteiger partial charge in [0, 0.05) is 25.4 Å². The van der Waals surface area contributed by atoms with Gasteiger partial charge in [-0.25, -0.2) is 0 Å². The summed E-state index contributed by atoms with van der Waals surface area (Å²) in [5.74, 6) is -0.0138. The molecular formula is C15H19NO4. The molecule has 1 saturated heterocycles. The summed E-state index contributed by atoms with van der Waals surface area (Å²) in [4.78, 5) is 25.8. The summed E-state index contributed by atoms with van der Waals surface area (Å²) in [6, 6.07) is 4.83. The van der Waals surface area contributed by atoms with E-state index in [0.29, 0.717) is 19.5 Å². The van der Waals surface area contributed by atoms with Crippen molar-refractivity contribution in [2.45, 2.75) is 19.8 Å². The lowest BCUT2D eigenvalue weighted by molar-refractivity contribution is -0.125. The third-order valence-electron chi connectivity index (χ3n) is 3.75. The lowest BCUT2D eigenvalue weighted by Crippen LogP contribution is -2.43. The number of methoxy groups -OCH3 is 1. The van der Waals surface area contributed by atoms with Crippen molar-refractivity contribution in [1.29, 1.82) is 0 Å². The number of phenolic OH excluding ortho intramolecular Hbond substituents is 1. The molecule has 2 rings (SSSR count). The number of carbonyl (C=O) groups excluding carboxylic acids is 2. The highest BCUT2D eigenvalue weighted by Crippen LogP contribution is 2.31. The average molecular weight is 277 g/mol. The van der Waals surface area contributed by atoms with Crippen molar-refractivity contribution in [3.63, 3.8) is 0 Å². The molecule has 1 N–H and O–H groups in total. The van der Waals surface area contributed by atoms with Crippen LogP contribution in [0.4, 0.5) is 0 Å². The van der Waals surface area contributed by atoms with Gasteiger partial charge in [0.1, 0.15) is 5.78 Å². The molecule has 0 radical (unpaired) electrons. The molecule has 5 nitrogen and oxygen atoms in total. The Hall–Kier alpha value is -2.04. The van der Waals surface area contributed by atoms with E-state index >= 15 is 0 Å². The van der Waals surface area contributed by atoms with Gasteiger partial charge in [0.2, 0.25) is 0 Å². The smallest absolute Gasteiger partial charge is 0.257 e. The third-order valence-corrected chi connectivity index (χ3v) is 3.75. The molecule has 1 unspecified atom stereocenters. The Labute approximate surface area is 118 Å². The highest BCUT2D eigenvalue weighted by atomic mass is 16.5. The zero-order valence-corrected chi connectivity index (χ0v) is 11.8. The number of rotatable bonds is 3.